The molecule has 3 rings (SSSR count). The lowest BCUT2D eigenvalue weighted by molar-refractivity contribution is -0.111. The molecule has 126 valence electrons. The van der Waals surface area contributed by atoms with Gasteiger partial charge in [-0.1, -0.05) is 29.8 Å². The predicted molar refractivity (Wildman–Crippen MR) is 97.1 cm³/mol. The average Bonchev–Trinajstić information content (AvgIpc) is 3.01. The Morgan fingerprint density at radius 3 is 3.04 bits per heavy atom. The number of carbonyl (C=O) groups excluding carboxylic acids is 1. The number of rotatable bonds is 5. The van der Waals surface area contributed by atoms with Crippen LogP contribution in [0.25, 0.3) is 6.08 Å². The third-order valence-corrected chi connectivity index (χ3v) is 4.55. The van der Waals surface area contributed by atoms with E-state index in [1.54, 1.807) is 0 Å². The van der Waals surface area contributed by atoms with Crippen molar-refractivity contribution in [3.8, 4) is 0 Å². The fourth-order valence-electron chi connectivity index (χ4n) is 2.52. The molecule has 0 radical (unpaired) electrons. The van der Waals surface area contributed by atoms with Crippen molar-refractivity contribution in [1.82, 2.24) is 9.88 Å². The van der Waals surface area contributed by atoms with E-state index in [1.165, 1.54) is 23.0 Å². The summed E-state index contributed by atoms with van der Waals surface area (Å²) in [4.78, 5) is 18.8. The molecule has 2 heterocycles. The molecule has 1 amide bonds. The number of benzene rings is 1. The van der Waals surface area contributed by atoms with E-state index in [2.05, 4.69) is 15.2 Å². The largest absolute Gasteiger partial charge is 0.379 e. The van der Waals surface area contributed by atoms with Gasteiger partial charge in [-0.25, -0.2) is 4.98 Å². The van der Waals surface area contributed by atoms with E-state index >= 15 is 0 Å². The number of morpholine rings is 1. The highest BCUT2D eigenvalue weighted by Gasteiger charge is 2.13. The topological polar surface area (TPSA) is 54.5 Å². The number of nitrogens with one attached hydrogen (secondary N) is 1. The molecule has 1 fully saturated rings. The van der Waals surface area contributed by atoms with Crippen molar-refractivity contribution in [3.05, 3.63) is 52.5 Å². The van der Waals surface area contributed by atoms with Crippen LogP contribution < -0.4 is 5.32 Å². The van der Waals surface area contributed by atoms with Crippen molar-refractivity contribution >= 4 is 28.5 Å². The van der Waals surface area contributed by atoms with E-state index in [0.29, 0.717) is 5.13 Å². The molecule has 0 aliphatic carbocycles. The van der Waals surface area contributed by atoms with Crippen molar-refractivity contribution in [2.24, 2.45) is 0 Å². The Balaban J connectivity index is 1.53. The molecule has 1 aliphatic heterocycles. The van der Waals surface area contributed by atoms with Crippen LogP contribution in [0.4, 0.5) is 5.13 Å². The molecular weight excluding hydrogens is 322 g/mol. The molecule has 0 atom stereocenters. The summed E-state index contributed by atoms with van der Waals surface area (Å²) >= 11 is 1.46. The Morgan fingerprint density at radius 1 is 1.42 bits per heavy atom. The monoisotopic (exact) mass is 343 g/mol. The van der Waals surface area contributed by atoms with Crippen LogP contribution in [0.15, 0.2) is 35.7 Å². The number of amides is 1. The standard InChI is InChI=1S/C18H21N3O2S/c1-14-3-2-4-15(11-14)5-6-17(22)20-18-19-16(13-24-18)12-21-7-9-23-10-8-21/h2-6,11,13H,7-10,12H2,1H3,(H,19,20,22)/b6-5-. The van der Waals surface area contributed by atoms with Crippen molar-refractivity contribution in [2.45, 2.75) is 13.5 Å². The Labute approximate surface area is 146 Å². The van der Waals surface area contributed by atoms with Gasteiger partial charge in [0.05, 0.1) is 18.9 Å². The molecule has 0 spiro atoms. The molecule has 1 N–H and O–H groups in total. The number of aryl methyl sites for hydroxylation is 1. The van der Waals surface area contributed by atoms with Gasteiger partial charge < -0.3 is 4.74 Å². The summed E-state index contributed by atoms with van der Waals surface area (Å²) in [5.74, 6) is -0.163. The van der Waals surface area contributed by atoms with E-state index in [4.69, 9.17) is 4.74 Å². The fraction of sp³-hybridized carbons (Fsp3) is 0.333. The minimum Gasteiger partial charge on any atom is -0.379 e. The number of hydrogen-bond donors (Lipinski definition) is 1. The smallest absolute Gasteiger partial charge is 0.250 e. The van der Waals surface area contributed by atoms with Crippen molar-refractivity contribution in [3.63, 3.8) is 0 Å². The predicted octanol–water partition coefficient (Wildman–Crippen LogP) is 2.94. The van der Waals surface area contributed by atoms with Crippen LogP contribution in [0.2, 0.25) is 0 Å². The van der Waals surface area contributed by atoms with E-state index in [9.17, 15) is 4.79 Å². The Bertz CT molecular complexity index is 721. The van der Waals surface area contributed by atoms with Crippen LogP contribution in [0, 0.1) is 6.92 Å². The summed E-state index contributed by atoms with van der Waals surface area (Å²) < 4.78 is 5.34. The minimum atomic E-state index is -0.163. The lowest BCUT2D eigenvalue weighted by Crippen LogP contribution is -2.35. The maximum absolute atomic E-state index is 12.0. The maximum atomic E-state index is 12.0. The first-order chi connectivity index (χ1) is 11.7. The van der Waals surface area contributed by atoms with Gasteiger partial charge in [-0.15, -0.1) is 11.3 Å². The molecule has 24 heavy (non-hydrogen) atoms. The second-order valence-corrected chi connectivity index (χ2v) is 6.63. The Kier molecular flexibility index (Phi) is 5.74. The third kappa shape index (κ3) is 4.99. The first-order valence-electron chi connectivity index (χ1n) is 7.99. The fourth-order valence-corrected chi connectivity index (χ4v) is 3.22. The Hall–Kier alpha value is -2.02. The van der Waals surface area contributed by atoms with E-state index < -0.39 is 0 Å². The van der Waals surface area contributed by atoms with Crippen molar-refractivity contribution in [2.75, 3.05) is 31.6 Å². The first-order valence-corrected chi connectivity index (χ1v) is 8.87. The highest BCUT2D eigenvalue weighted by molar-refractivity contribution is 7.13. The summed E-state index contributed by atoms with van der Waals surface area (Å²) in [6.07, 6.45) is 3.35. The zero-order chi connectivity index (χ0) is 16.8. The summed E-state index contributed by atoms with van der Waals surface area (Å²) in [7, 11) is 0. The van der Waals surface area contributed by atoms with E-state index in [1.807, 2.05) is 42.6 Å². The van der Waals surface area contributed by atoms with Gasteiger partial charge in [-0.05, 0) is 18.6 Å². The maximum Gasteiger partial charge on any atom is 0.250 e. The molecule has 0 bridgehead atoms. The summed E-state index contributed by atoms with van der Waals surface area (Å²) in [5, 5.41) is 5.45. The van der Waals surface area contributed by atoms with Crippen LogP contribution in [-0.2, 0) is 16.1 Å². The summed E-state index contributed by atoms with van der Waals surface area (Å²) in [5.41, 5.74) is 3.17. The number of carbonyl (C=O) groups is 1. The molecule has 1 aromatic heterocycles. The van der Waals surface area contributed by atoms with E-state index in [0.717, 1.165) is 44.1 Å². The molecule has 5 nitrogen and oxygen atoms in total. The highest BCUT2D eigenvalue weighted by atomic mass is 32.1. The number of anilines is 1. The summed E-state index contributed by atoms with van der Waals surface area (Å²) in [6, 6.07) is 8.02. The van der Waals surface area contributed by atoms with Gasteiger partial charge >= 0.3 is 0 Å². The molecule has 0 saturated carbocycles. The van der Waals surface area contributed by atoms with E-state index in [-0.39, 0.29) is 5.91 Å². The number of hydrogen-bond acceptors (Lipinski definition) is 5. The van der Waals surface area contributed by atoms with Crippen LogP contribution in [0.3, 0.4) is 0 Å². The van der Waals surface area contributed by atoms with Crippen LogP contribution in [0.1, 0.15) is 16.8 Å². The summed E-state index contributed by atoms with van der Waals surface area (Å²) in [6.45, 7) is 6.24. The molecule has 2 aromatic rings. The molecule has 0 unspecified atom stereocenters. The first kappa shape index (κ1) is 16.8. The Morgan fingerprint density at radius 2 is 2.25 bits per heavy atom. The van der Waals surface area contributed by atoms with Crippen LogP contribution in [0.5, 0.6) is 0 Å². The minimum absolute atomic E-state index is 0.163. The third-order valence-electron chi connectivity index (χ3n) is 3.74. The van der Waals surface area contributed by atoms with Gasteiger partial charge in [-0.2, -0.15) is 0 Å². The van der Waals surface area contributed by atoms with Gasteiger partial charge in [0, 0.05) is 31.1 Å². The number of aromatic nitrogens is 1. The van der Waals surface area contributed by atoms with Gasteiger partial charge in [0.15, 0.2) is 5.13 Å². The number of ether oxygens (including phenoxy) is 1. The van der Waals surface area contributed by atoms with Crippen molar-refractivity contribution in [1.29, 1.82) is 0 Å². The van der Waals surface area contributed by atoms with Crippen LogP contribution >= 0.6 is 11.3 Å². The molecular formula is C18H21N3O2S. The van der Waals surface area contributed by atoms with Crippen LogP contribution in [-0.4, -0.2) is 42.1 Å². The van der Waals surface area contributed by atoms with Gasteiger partial charge in [-0.3, -0.25) is 15.0 Å². The zero-order valence-corrected chi connectivity index (χ0v) is 14.5. The van der Waals surface area contributed by atoms with Crippen molar-refractivity contribution < 1.29 is 9.53 Å². The SMILES string of the molecule is Cc1cccc(/C=C\C(=O)Nc2nc(CN3CCOCC3)cs2)c1. The van der Waals surface area contributed by atoms with Gasteiger partial charge in [0.2, 0.25) is 5.91 Å². The van der Waals surface area contributed by atoms with Gasteiger partial charge in [0.25, 0.3) is 0 Å². The second-order valence-electron chi connectivity index (χ2n) is 5.77. The average molecular weight is 343 g/mol. The number of nitrogens with zero attached hydrogens (tertiary/aromatic N) is 2. The quantitative estimate of drug-likeness (QED) is 0.848. The normalized spacial score (nSPS) is 15.7. The zero-order valence-electron chi connectivity index (χ0n) is 13.7. The molecule has 6 heteroatoms. The lowest BCUT2D eigenvalue weighted by atomic mass is 10.1. The molecule has 1 saturated heterocycles. The number of thiazole rings is 1. The molecule has 1 aliphatic rings. The lowest BCUT2D eigenvalue weighted by Gasteiger charge is -2.25. The van der Waals surface area contributed by atoms with Gasteiger partial charge in [0.1, 0.15) is 0 Å². The molecule has 1 aromatic carbocycles. The second kappa shape index (κ2) is 8.19. The highest BCUT2D eigenvalue weighted by Crippen LogP contribution is 2.17.